The molecule has 4 heterocycles. The van der Waals surface area contributed by atoms with Gasteiger partial charge in [0.1, 0.15) is 0 Å². The fourth-order valence-electron chi connectivity index (χ4n) is 3.98. The van der Waals surface area contributed by atoms with E-state index in [9.17, 15) is 0 Å². The van der Waals surface area contributed by atoms with E-state index in [-0.39, 0.29) is 5.60 Å². The van der Waals surface area contributed by atoms with E-state index in [2.05, 4.69) is 9.88 Å². The van der Waals surface area contributed by atoms with Gasteiger partial charge in [0.25, 0.3) is 0 Å². The molecule has 3 aromatic heterocycles. The Morgan fingerprint density at radius 2 is 2.12 bits per heavy atom. The number of pyridine rings is 1. The molecule has 0 aromatic carbocycles. The Hall–Kier alpha value is -1.99. The summed E-state index contributed by atoms with van der Waals surface area (Å²) in [5, 5.41) is 5.83. The summed E-state index contributed by atoms with van der Waals surface area (Å²) >= 11 is 1.66. The number of imidazole rings is 1. The van der Waals surface area contributed by atoms with Crippen LogP contribution in [0.5, 0.6) is 0 Å². The highest BCUT2D eigenvalue weighted by atomic mass is 32.1. The lowest BCUT2D eigenvalue weighted by Gasteiger charge is -2.44. The second kappa shape index (κ2) is 6.07. The molecule has 0 atom stereocenters. The van der Waals surface area contributed by atoms with Crippen LogP contribution in [0.1, 0.15) is 32.1 Å². The van der Waals surface area contributed by atoms with E-state index in [0.29, 0.717) is 0 Å². The molecule has 0 radical (unpaired) electrons. The molecule has 2 aliphatic rings. The average molecular weight is 355 g/mol. The van der Waals surface area contributed by atoms with Crippen molar-refractivity contribution < 1.29 is 4.74 Å². The zero-order valence-electron chi connectivity index (χ0n) is 14.1. The molecular formula is C18H21N5OS. The summed E-state index contributed by atoms with van der Waals surface area (Å²) in [7, 11) is 0. The Kier molecular flexibility index (Phi) is 3.71. The maximum atomic E-state index is 6.20. The quantitative estimate of drug-likeness (QED) is 0.705. The zero-order valence-corrected chi connectivity index (χ0v) is 14.9. The monoisotopic (exact) mass is 355 g/mol. The van der Waals surface area contributed by atoms with Crippen molar-refractivity contribution >= 4 is 21.4 Å². The molecule has 0 unspecified atom stereocenters. The summed E-state index contributed by atoms with van der Waals surface area (Å²) in [4.78, 5) is 12.2. The van der Waals surface area contributed by atoms with Gasteiger partial charge in [0, 0.05) is 31.0 Å². The highest BCUT2D eigenvalue weighted by Gasteiger charge is 2.38. The Morgan fingerprint density at radius 1 is 1.20 bits per heavy atom. The maximum Gasteiger partial charge on any atom is 0.214 e. The van der Waals surface area contributed by atoms with Crippen LogP contribution < -0.4 is 4.90 Å². The van der Waals surface area contributed by atoms with E-state index in [1.54, 1.807) is 17.5 Å². The third kappa shape index (κ3) is 2.81. The van der Waals surface area contributed by atoms with Crippen LogP contribution in [0.15, 0.2) is 30.7 Å². The number of hydrogen-bond acceptors (Lipinski definition) is 6. The van der Waals surface area contributed by atoms with Gasteiger partial charge in [0.05, 0.1) is 24.1 Å². The van der Waals surface area contributed by atoms with Crippen molar-refractivity contribution in [2.24, 2.45) is 0 Å². The number of hydrogen-bond donors (Lipinski definition) is 0. The molecule has 25 heavy (non-hydrogen) atoms. The molecule has 2 fully saturated rings. The first-order chi connectivity index (χ1) is 12.3. The van der Waals surface area contributed by atoms with Crippen molar-refractivity contribution in [1.29, 1.82) is 0 Å². The Bertz CT molecular complexity index is 831. The van der Waals surface area contributed by atoms with E-state index >= 15 is 0 Å². The number of rotatable bonds is 2. The van der Waals surface area contributed by atoms with Crippen LogP contribution in [-0.4, -0.2) is 44.9 Å². The molecule has 1 spiro atoms. The average Bonchev–Trinajstić information content (AvgIpc) is 3.22. The van der Waals surface area contributed by atoms with Crippen molar-refractivity contribution in [2.45, 2.75) is 37.7 Å². The molecule has 0 bridgehead atoms. The predicted molar refractivity (Wildman–Crippen MR) is 98.1 cm³/mol. The van der Waals surface area contributed by atoms with Gasteiger partial charge in [-0.05, 0) is 25.0 Å². The maximum absolute atomic E-state index is 6.20. The van der Waals surface area contributed by atoms with Crippen molar-refractivity contribution in [3.05, 3.63) is 30.7 Å². The normalized spacial score (nSPS) is 20.4. The SMILES string of the molecule is c1cncc(-c2cn3nc(N4CCOC5(CCCCC5)C4)sc3n2)c1. The van der Waals surface area contributed by atoms with E-state index in [1.807, 2.05) is 29.0 Å². The number of ether oxygens (including phenoxy) is 1. The summed E-state index contributed by atoms with van der Waals surface area (Å²) in [5.41, 5.74) is 1.99. The standard InChI is InChI=1S/C18H21N5OS/c1-2-6-18(7-3-1)13-22(9-10-24-18)17-21-23-12-15(20-16(23)25-17)14-5-4-8-19-11-14/h4-5,8,11-12H,1-3,6-7,9-10,13H2. The molecule has 0 amide bonds. The van der Waals surface area contributed by atoms with Crippen LogP contribution in [0.4, 0.5) is 5.13 Å². The fraction of sp³-hybridized carbons (Fsp3) is 0.500. The van der Waals surface area contributed by atoms with Crippen LogP contribution in [0.3, 0.4) is 0 Å². The first kappa shape index (κ1) is 15.3. The van der Waals surface area contributed by atoms with Gasteiger partial charge >= 0.3 is 0 Å². The van der Waals surface area contributed by atoms with Gasteiger partial charge < -0.3 is 9.64 Å². The molecule has 1 aliphatic carbocycles. The Morgan fingerprint density at radius 3 is 2.92 bits per heavy atom. The lowest BCUT2D eigenvalue weighted by molar-refractivity contribution is -0.0782. The van der Waals surface area contributed by atoms with Gasteiger partial charge in [0.15, 0.2) is 0 Å². The highest BCUT2D eigenvalue weighted by molar-refractivity contribution is 7.20. The fourth-order valence-corrected chi connectivity index (χ4v) is 4.89. The molecule has 3 aromatic rings. The number of morpholine rings is 1. The molecule has 1 saturated carbocycles. The first-order valence-corrected chi connectivity index (χ1v) is 9.79. The summed E-state index contributed by atoms with van der Waals surface area (Å²) in [5.74, 6) is 0. The molecular weight excluding hydrogens is 334 g/mol. The molecule has 130 valence electrons. The van der Waals surface area contributed by atoms with Crippen LogP contribution >= 0.6 is 11.3 Å². The van der Waals surface area contributed by atoms with Gasteiger partial charge in [-0.3, -0.25) is 4.98 Å². The summed E-state index contributed by atoms with van der Waals surface area (Å²) in [6, 6.07) is 3.95. The number of anilines is 1. The first-order valence-electron chi connectivity index (χ1n) is 8.97. The Balaban J connectivity index is 1.40. The van der Waals surface area contributed by atoms with E-state index in [4.69, 9.17) is 14.8 Å². The third-order valence-corrected chi connectivity index (χ3v) is 6.26. The van der Waals surface area contributed by atoms with Crippen molar-refractivity contribution in [2.75, 3.05) is 24.6 Å². The van der Waals surface area contributed by atoms with Crippen molar-refractivity contribution in [3.63, 3.8) is 0 Å². The van der Waals surface area contributed by atoms with Gasteiger partial charge in [-0.2, -0.15) is 0 Å². The summed E-state index contributed by atoms with van der Waals surface area (Å²) in [6.45, 7) is 2.66. The molecule has 7 heteroatoms. The minimum atomic E-state index is 0.0468. The number of aromatic nitrogens is 4. The third-order valence-electron chi connectivity index (χ3n) is 5.27. The molecule has 5 rings (SSSR count). The molecule has 6 nitrogen and oxygen atoms in total. The molecule has 1 saturated heterocycles. The lowest BCUT2D eigenvalue weighted by atomic mass is 9.83. The second-order valence-corrected chi connectivity index (χ2v) is 7.93. The van der Waals surface area contributed by atoms with E-state index in [1.165, 1.54) is 32.1 Å². The highest BCUT2D eigenvalue weighted by Crippen LogP contribution is 2.37. The summed E-state index contributed by atoms with van der Waals surface area (Å²) < 4.78 is 8.09. The van der Waals surface area contributed by atoms with Gasteiger partial charge in [0.2, 0.25) is 10.1 Å². The van der Waals surface area contributed by atoms with E-state index < -0.39 is 0 Å². The van der Waals surface area contributed by atoms with Crippen LogP contribution in [0.25, 0.3) is 16.2 Å². The van der Waals surface area contributed by atoms with Crippen LogP contribution in [0, 0.1) is 0 Å². The summed E-state index contributed by atoms with van der Waals surface area (Å²) in [6.07, 6.45) is 11.9. The lowest BCUT2D eigenvalue weighted by Crippen LogP contribution is -2.52. The van der Waals surface area contributed by atoms with E-state index in [0.717, 1.165) is 41.0 Å². The minimum absolute atomic E-state index is 0.0468. The second-order valence-electron chi connectivity index (χ2n) is 6.99. The smallest absolute Gasteiger partial charge is 0.214 e. The predicted octanol–water partition coefficient (Wildman–Crippen LogP) is 3.39. The number of fused-ring (bicyclic) bond motifs is 1. The van der Waals surface area contributed by atoms with Crippen molar-refractivity contribution in [1.82, 2.24) is 19.6 Å². The van der Waals surface area contributed by atoms with Gasteiger partial charge in [-0.15, -0.1) is 5.10 Å². The minimum Gasteiger partial charge on any atom is -0.371 e. The van der Waals surface area contributed by atoms with Gasteiger partial charge in [-0.25, -0.2) is 9.50 Å². The Labute approximate surface area is 150 Å². The van der Waals surface area contributed by atoms with Gasteiger partial charge in [-0.1, -0.05) is 30.6 Å². The zero-order chi connectivity index (χ0) is 16.7. The topological polar surface area (TPSA) is 55.5 Å². The van der Waals surface area contributed by atoms with Crippen LogP contribution in [-0.2, 0) is 4.74 Å². The largest absolute Gasteiger partial charge is 0.371 e. The number of nitrogens with zero attached hydrogens (tertiary/aromatic N) is 5. The molecule has 0 N–H and O–H groups in total. The molecule has 1 aliphatic heterocycles. The van der Waals surface area contributed by atoms with Crippen molar-refractivity contribution in [3.8, 4) is 11.3 Å². The van der Waals surface area contributed by atoms with Crippen LogP contribution in [0.2, 0.25) is 0 Å².